The summed E-state index contributed by atoms with van der Waals surface area (Å²) in [5.41, 5.74) is 2.93. The van der Waals surface area contributed by atoms with Crippen LogP contribution in [0.1, 0.15) is 44.3 Å². The fourth-order valence-corrected chi connectivity index (χ4v) is 3.68. The molecule has 1 aromatic heterocycles. The van der Waals surface area contributed by atoms with E-state index in [0.717, 1.165) is 12.8 Å². The van der Waals surface area contributed by atoms with Gasteiger partial charge in [-0.1, -0.05) is 24.3 Å². The summed E-state index contributed by atoms with van der Waals surface area (Å²) in [7, 11) is 0. The minimum Gasteiger partial charge on any atom is -0.478 e. The number of nitrogens with zero attached hydrogens (tertiary/aromatic N) is 1. The molecule has 116 valence electrons. The lowest BCUT2D eigenvalue weighted by molar-refractivity contribution is 0.0696. The molecule has 0 aliphatic heterocycles. The molecule has 1 amide bonds. The number of nitrogens with one attached hydrogen (secondary N) is 1. The van der Waals surface area contributed by atoms with Crippen molar-refractivity contribution in [1.82, 2.24) is 10.3 Å². The predicted molar refractivity (Wildman–Crippen MR) is 83.4 cm³/mol. The van der Waals surface area contributed by atoms with Gasteiger partial charge in [-0.3, -0.25) is 9.78 Å². The van der Waals surface area contributed by atoms with E-state index in [-0.39, 0.29) is 23.2 Å². The van der Waals surface area contributed by atoms with Crippen molar-refractivity contribution in [2.45, 2.75) is 24.8 Å². The Labute approximate surface area is 133 Å². The maximum Gasteiger partial charge on any atom is 0.335 e. The van der Waals surface area contributed by atoms with E-state index >= 15 is 0 Å². The number of pyridine rings is 1. The van der Waals surface area contributed by atoms with Gasteiger partial charge >= 0.3 is 5.97 Å². The first kappa shape index (κ1) is 13.9. The van der Waals surface area contributed by atoms with Crippen LogP contribution in [0.3, 0.4) is 0 Å². The van der Waals surface area contributed by atoms with Crippen LogP contribution in [0.2, 0.25) is 0 Å². The molecule has 0 bridgehead atoms. The average Bonchev–Trinajstić information content (AvgIpc) is 3.28. The van der Waals surface area contributed by atoms with Crippen molar-refractivity contribution in [3.8, 4) is 0 Å². The molecule has 1 heterocycles. The SMILES string of the molecule is O=C(O)c1ccnc(C(=O)NC2C3CCc4ccccc4C32)c1. The fraction of sp³-hybridized carbons (Fsp3) is 0.278. The van der Waals surface area contributed by atoms with Gasteiger partial charge in [-0.2, -0.15) is 0 Å². The Kier molecular flexibility index (Phi) is 3.15. The van der Waals surface area contributed by atoms with Crippen molar-refractivity contribution < 1.29 is 14.7 Å². The highest BCUT2D eigenvalue weighted by molar-refractivity contribution is 5.96. The molecule has 2 N–H and O–H groups in total. The highest BCUT2D eigenvalue weighted by atomic mass is 16.4. The zero-order chi connectivity index (χ0) is 16.0. The summed E-state index contributed by atoms with van der Waals surface area (Å²) < 4.78 is 0. The molecule has 2 aliphatic carbocycles. The van der Waals surface area contributed by atoms with Gasteiger partial charge in [0.05, 0.1) is 5.56 Å². The maximum absolute atomic E-state index is 12.4. The van der Waals surface area contributed by atoms with Gasteiger partial charge in [0.25, 0.3) is 5.91 Å². The topological polar surface area (TPSA) is 79.3 Å². The quantitative estimate of drug-likeness (QED) is 0.911. The first-order valence-electron chi connectivity index (χ1n) is 7.73. The third-order valence-corrected chi connectivity index (χ3v) is 4.87. The van der Waals surface area contributed by atoms with Crippen molar-refractivity contribution in [1.29, 1.82) is 0 Å². The van der Waals surface area contributed by atoms with Crippen LogP contribution in [0.25, 0.3) is 0 Å². The Bertz CT molecular complexity index is 802. The fourth-order valence-electron chi connectivity index (χ4n) is 3.68. The monoisotopic (exact) mass is 308 g/mol. The van der Waals surface area contributed by atoms with Gasteiger partial charge < -0.3 is 10.4 Å². The number of fused-ring (bicyclic) bond motifs is 3. The molecule has 1 saturated carbocycles. The van der Waals surface area contributed by atoms with Crippen molar-refractivity contribution in [3.63, 3.8) is 0 Å². The number of hydrogen-bond donors (Lipinski definition) is 2. The lowest BCUT2D eigenvalue weighted by Crippen LogP contribution is -2.28. The van der Waals surface area contributed by atoms with Crippen molar-refractivity contribution in [2.24, 2.45) is 5.92 Å². The number of carboxylic acid groups (broad SMARTS) is 1. The molecule has 23 heavy (non-hydrogen) atoms. The van der Waals surface area contributed by atoms with Crippen LogP contribution >= 0.6 is 0 Å². The molecule has 0 saturated heterocycles. The molecule has 1 aromatic carbocycles. The van der Waals surface area contributed by atoms with Crippen LogP contribution in [0.15, 0.2) is 42.6 Å². The number of aromatic nitrogens is 1. The molecule has 0 spiro atoms. The molecule has 1 fully saturated rings. The summed E-state index contributed by atoms with van der Waals surface area (Å²) in [4.78, 5) is 27.3. The number of aromatic carboxylic acids is 1. The summed E-state index contributed by atoms with van der Waals surface area (Å²) in [5.74, 6) is -0.497. The Balaban J connectivity index is 1.51. The predicted octanol–water partition coefficient (Wildman–Crippen LogP) is 2.24. The van der Waals surface area contributed by atoms with Crippen molar-refractivity contribution >= 4 is 11.9 Å². The Morgan fingerprint density at radius 3 is 2.87 bits per heavy atom. The number of amides is 1. The first-order chi connectivity index (χ1) is 11.1. The highest BCUT2D eigenvalue weighted by Gasteiger charge is 2.53. The van der Waals surface area contributed by atoms with Crippen LogP contribution in [0.4, 0.5) is 0 Å². The van der Waals surface area contributed by atoms with Crippen LogP contribution < -0.4 is 5.32 Å². The van der Waals surface area contributed by atoms with Crippen molar-refractivity contribution in [3.05, 3.63) is 65.0 Å². The minimum absolute atomic E-state index is 0.0729. The molecule has 4 rings (SSSR count). The van der Waals surface area contributed by atoms with Gasteiger partial charge in [0.1, 0.15) is 5.69 Å². The van der Waals surface area contributed by atoms with Crippen LogP contribution in [-0.2, 0) is 6.42 Å². The summed E-state index contributed by atoms with van der Waals surface area (Å²) in [6, 6.07) is 11.2. The second kappa shape index (κ2) is 5.19. The minimum atomic E-state index is -1.06. The Morgan fingerprint density at radius 1 is 1.22 bits per heavy atom. The maximum atomic E-state index is 12.4. The van der Waals surface area contributed by atoms with Gasteiger partial charge in [-0.05, 0) is 42.0 Å². The Hall–Kier alpha value is -2.69. The van der Waals surface area contributed by atoms with E-state index in [1.807, 2.05) is 6.07 Å². The zero-order valence-electron chi connectivity index (χ0n) is 12.4. The number of carbonyl (C=O) groups is 2. The first-order valence-corrected chi connectivity index (χ1v) is 7.73. The zero-order valence-corrected chi connectivity index (χ0v) is 12.4. The molecule has 5 nitrogen and oxygen atoms in total. The number of hydrogen-bond acceptors (Lipinski definition) is 3. The molecule has 0 radical (unpaired) electrons. The van der Waals surface area contributed by atoms with E-state index in [1.165, 1.54) is 29.5 Å². The van der Waals surface area contributed by atoms with E-state index in [9.17, 15) is 9.59 Å². The standard InChI is InChI=1S/C18H16N2O3/c21-17(14-9-11(18(22)23)7-8-19-14)20-16-13-6-5-10-3-1-2-4-12(10)15(13)16/h1-4,7-9,13,15-16H,5-6H2,(H,20,21)(H,22,23). The third-order valence-electron chi connectivity index (χ3n) is 4.87. The van der Waals surface area contributed by atoms with Gasteiger partial charge in [0, 0.05) is 18.2 Å². The normalized spacial score (nSPS) is 24.3. The van der Waals surface area contributed by atoms with Gasteiger partial charge in [-0.15, -0.1) is 0 Å². The summed E-state index contributed by atoms with van der Waals surface area (Å²) in [5, 5.41) is 12.0. The number of aryl methyl sites for hydroxylation is 1. The molecule has 2 aromatic rings. The van der Waals surface area contributed by atoms with E-state index in [4.69, 9.17) is 5.11 Å². The van der Waals surface area contributed by atoms with E-state index in [1.54, 1.807) is 0 Å². The van der Waals surface area contributed by atoms with Gasteiger partial charge in [0.15, 0.2) is 0 Å². The van der Waals surface area contributed by atoms with E-state index < -0.39 is 5.97 Å². The number of benzene rings is 1. The van der Waals surface area contributed by atoms with Crippen molar-refractivity contribution in [2.75, 3.05) is 0 Å². The van der Waals surface area contributed by atoms with Gasteiger partial charge in [-0.25, -0.2) is 4.79 Å². The van der Waals surface area contributed by atoms with E-state index in [2.05, 4.69) is 28.5 Å². The smallest absolute Gasteiger partial charge is 0.335 e. The van der Waals surface area contributed by atoms with Crippen LogP contribution in [0, 0.1) is 5.92 Å². The average molecular weight is 308 g/mol. The second-order valence-corrected chi connectivity index (χ2v) is 6.16. The molecule has 3 unspecified atom stereocenters. The summed E-state index contributed by atoms with van der Waals surface area (Å²) in [6.45, 7) is 0. The molecular weight excluding hydrogens is 292 g/mol. The largest absolute Gasteiger partial charge is 0.478 e. The molecule has 2 aliphatic rings. The number of carbonyl (C=O) groups excluding carboxylic acids is 1. The molecule has 5 heteroatoms. The lowest BCUT2D eigenvalue weighted by atomic mass is 9.92. The second-order valence-electron chi connectivity index (χ2n) is 6.16. The summed E-state index contributed by atoms with van der Waals surface area (Å²) >= 11 is 0. The van der Waals surface area contributed by atoms with Gasteiger partial charge in [0.2, 0.25) is 0 Å². The third kappa shape index (κ3) is 2.38. The molecular formula is C18H16N2O3. The summed E-state index contributed by atoms with van der Waals surface area (Å²) in [6.07, 6.45) is 3.49. The Morgan fingerprint density at radius 2 is 2.04 bits per heavy atom. The van der Waals surface area contributed by atoms with E-state index in [0.29, 0.717) is 11.8 Å². The highest BCUT2D eigenvalue weighted by Crippen LogP contribution is 2.54. The number of rotatable bonds is 3. The number of carboxylic acids is 1. The van der Waals surface area contributed by atoms with Crippen LogP contribution in [-0.4, -0.2) is 28.0 Å². The molecule has 3 atom stereocenters. The lowest BCUT2D eigenvalue weighted by Gasteiger charge is -2.13. The van der Waals surface area contributed by atoms with Crippen LogP contribution in [0.5, 0.6) is 0 Å².